The Kier molecular flexibility index (Phi) is 7.44. The quantitative estimate of drug-likeness (QED) is 0.533. The van der Waals surface area contributed by atoms with E-state index in [0.29, 0.717) is 0 Å². The highest BCUT2D eigenvalue weighted by Gasteiger charge is 2.16. The van der Waals surface area contributed by atoms with Gasteiger partial charge in [0.2, 0.25) is 0 Å². The molecule has 108 valence electrons. The Morgan fingerprint density at radius 2 is 2.00 bits per heavy atom. The second-order valence-corrected chi connectivity index (χ2v) is 5.87. The number of rotatable bonds is 8. The van der Waals surface area contributed by atoms with Crippen LogP contribution in [0.15, 0.2) is 18.2 Å². The number of nitrogens with one attached hydrogen (secondary N) is 1. The van der Waals surface area contributed by atoms with E-state index in [2.05, 4.69) is 32.3 Å². The highest BCUT2D eigenvalue weighted by Crippen LogP contribution is 2.28. The Morgan fingerprint density at radius 1 is 1.26 bits per heavy atom. The van der Waals surface area contributed by atoms with Crippen LogP contribution in [0.2, 0.25) is 5.02 Å². The molecule has 0 bridgehead atoms. The molecule has 0 heterocycles. The maximum absolute atomic E-state index is 6.14. The van der Waals surface area contributed by atoms with Crippen molar-refractivity contribution in [2.75, 3.05) is 0 Å². The summed E-state index contributed by atoms with van der Waals surface area (Å²) in [6.45, 7) is 6.57. The van der Waals surface area contributed by atoms with E-state index in [0.717, 1.165) is 17.4 Å². The van der Waals surface area contributed by atoms with Gasteiger partial charge in [0.25, 0.3) is 0 Å². The zero-order chi connectivity index (χ0) is 14.3. The Morgan fingerprint density at radius 3 is 2.53 bits per heavy atom. The topological polar surface area (TPSA) is 38.0 Å². The van der Waals surface area contributed by atoms with Crippen molar-refractivity contribution in [3.8, 4) is 0 Å². The molecule has 1 aromatic rings. The standard InChI is InChI=1S/C16H27ClN2/c1-4-6-7-13(5-2)10-16(19-18)14-8-12(3)9-15(17)11-14/h8-9,11,13,16,19H,4-7,10,18H2,1-3H3. The van der Waals surface area contributed by atoms with Crippen LogP contribution in [-0.2, 0) is 0 Å². The van der Waals surface area contributed by atoms with E-state index in [9.17, 15) is 0 Å². The zero-order valence-corrected chi connectivity index (χ0v) is 13.1. The molecule has 1 rings (SSSR count). The Labute approximate surface area is 122 Å². The predicted molar refractivity (Wildman–Crippen MR) is 84.2 cm³/mol. The molecular weight excluding hydrogens is 256 g/mol. The summed E-state index contributed by atoms with van der Waals surface area (Å²) < 4.78 is 0. The van der Waals surface area contributed by atoms with Crippen LogP contribution in [0.1, 0.15) is 63.1 Å². The lowest BCUT2D eigenvalue weighted by Gasteiger charge is -2.23. The van der Waals surface area contributed by atoms with Gasteiger partial charge >= 0.3 is 0 Å². The first-order chi connectivity index (χ1) is 9.10. The summed E-state index contributed by atoms with van der Waals surface area (Å²) in [5.41, 5.74) is 5.34. The molecule has 0 saturated carbocycles. The Hall–Kier alpha value is -0.570. The Balaban J connectivity index is 2.75. The summed E-state index contributed by atoms with van der Waals surface area (Å²) in [6, 6.07) is 6.36. The van der Waals surface area contributed by atoms with Crippen molar-refractivity contribution >= 4 is 11.6 Å². The van der Waals surface area contributed by atoms with Crippen molar-refractivity contribution in [3.05, 3.63) is 34.3 Å². The summed E-state index contributed by atoms with van der Waals surface area (Å²) in [4.78, 5) is 0. The molecule has 0 aliphatic carbocycles. The minimum absolute atomic E-state index is 0.194. The normalized spacial score (nSPS) is 14.4. The summed E-state index contributed by atoms with van der Waals surface area (Å²) in [5, 5.41) is 0.789. The molecule has 3 heteroatoms. The molecule has 0 aliphatic rings. The third kappa shape index (κ3) is 5.52. The first-order valence-corrected chi connectivity index (χ1v) is 7.71. The maximum Gasteiger partial charge on any atom is 0.0463 e. The summed E-state index contributed by atoms with van der Waals surface area (Å²) in [7, 11) is 0. The van der Waals surface area contributed by atoms with Crippen LogP contribution in [0.3, 0.4) is 0 Å². The fourth-order valence-corrected chi connectivity index (χ4v) is 2.88. The third-order valence-electron chi connectivity index (χ3n) is 3.78. The molecule has 0 aromatic heterocycles. The van der Waals surface area contributed by atoms with Gasteiger partial charge in [-0.2, -0.15) is 0 Å². The molecule has 0 fully saturated rings. The molecule has 2 unspecified atom stereocenters. The fraction of sp³-hybridized carbons (Fsp3) is 0.625. The number of halogens is 1. The molecule has 0 saturated heterocycles. The van der Waals surface area contributed by atoms with Crippen molar-refractivity contribution in [1.29, 1.82) is 0 Å². The maximum atomic E-state index is 6.14. The van der Waals surface area contributed by atoms with Crippen LogP contribution in [0.4, 0.5) is 0 Å². The Bertz CT molecular complexity index is 359. The molecule has 0 aliphatic heterocycles. The van der Waals surface area contributed by atoms with Crippen molar-refractivity contribution in [1.82, 2.24) is 5.43 Å². The minimum atomic E-state index is 0.194. The highest BCUT2D eigenvalue weighted by atomic mass is 35.5. The van der Waals surface area contributed by atoms with Gasteiger partial charge in [0.1, 0.15) is 0 Å². The number of nitrogens with two attached hydrogens (primary N) is 1. The van der Waals surface area contributed by atoms with Crippen LogP contribution in [0.25, 0.3) is 0 Å². The molecule has 1 aromatic carbocycles. The third-order valence-corrected chi connectivity index (χ3v) is 4.00. The van der Waals surface area contributed by atoms with Crippen molar-refractivity contribution in [3.63, 3.8) is 0 Å². The second kappa shape index (κ2) is 8.57. The number of benzene rings is 1. The van der Waals surface area contributed by atoms with Gasteiger partial charge < -0.3 is 0 Å². The molecule has 3 N–H and O–H groups in total. The smallest absolute Gasteiger partial charge is 0.0463 e. The lowest BCUT2D eigenvalue weighted by molar-refractivity contribution is 0.356. The average Bonchev–Trinajstić information content (AvgIpc) is 2.38. The number of hydrogen-bond acceptors (Lipinski definition) is 2. The van der Waals surface area contributed by atoms with Crippen LogP contribution < -0.4 is 11.3 Å². The van der Waals surface area contributed by atoms with E-state index in [4.69, 9.17) is 17.4 Å². The molecule has 0 amide bonds. The van der Waals surface area contributed by atoms with E-state index < -0.39 is 0 Å². The number of hydrogen-bond donors (Lipinski definition) is 2. The van der Waals surface area contributed by atoms with E-state index in [1.165, 1.54) is 36.8 Å². The van der Waals surface area contributed by atoms with Gasteiger partial charge in [-0.3, -0.25) is 11.3 Å². The molecule has 2 nitrogen and oxygen atoms in total. The van der Waals surface area contributed by atoms with Crippen LogP contribution >= 0.6 is 11.6 Å². The van der Waals surface area contributed by atoms with Gasteiger partial charge in [0, 0.05) is 11.1 Å². The lowest BCUT2D eigenvalue weighted by atomic mass is 9.89. The number of aryl methyl sites for hydroxylation is 1. The summed E-state index contributed by atoms with van der Waals surface area (Å²) in [6.07, 6.45) is 6.12. The van der Waals surface area contributed by atoms with Gasteiger partial charge in [-0.1, -0.05) is 57.2 Å². The fourth-order valence-electron chi connectivity index (χ4n) is 2.58. The summed E-state index contributed by atoms with van der Waals surface area (Å²) >= 11 is 6.14. The molecule has 2 atom stereocenters. The van der Waals surface area contributed by atoms with Crippen molar-refractivity contribution < 1.29 is 0 Å². The van der Waals surface area contributed by atoms with Crippen molar-refractivity contribution in [2.45, 2.75) is 58.9 Å². The minimum Gasteiger partial charge on any atom is -0.271 e. The lowest BCUT2D eigenvalue weighted by Crippen LogP contribution is -2.29. The average molecular weight is 283 g/mol. The first kappa shape index (κ1) is 16.5. The van der Waals surface area contributed by atoms with E-state index in [1.54, 1.807) is 0 Å². The predicted octanol–water partition coefficient (Wildman–Crippen LogP) is 4.76. The molecular formula is C16H27ClN2. The van der Waals surface area contributed by atoms with Crippen LogP contribution in [0.5, 0.6) is 0 Å². The first-order valence-electron chi connectivity index (χ1n) is 7.33. The summed E-state index contributed by atoms with van der Waals surface area (Å²) in [5.74, 6) is 6.47. The molecule has 19 heavy (non-hydrogen) atoms. The monoisotopic (exact) mass is 282 g/mol. The van der Waals surface area contributed by atoms with E-state index in [-0.39, 0.29) is 6.04 Å². The SMILES string of the molecule is CCCCC(CC)CC(NN)c1cc(C)cc(Cl)c1. The van der Waals surface area contributed by atoms with E-state index >= 15 is 0 Å². The molecule has 0 radical (unpaired) electrons. The number of hydrazine groups is 1. The van der Waals surface area contributed by atoms with Crippen LogP contribution in [-0.4, -0.2) is 0 Å². The second-order valence-electron chi connectivity index (χ2n) is 5.43. The number of unbranched alkanes of at least 4 members (excludes halogenated alkanes) is 1. The van der Waals surface area contributed by atoms with E-state index in [1.807, 2.05) is 12.1 Å². The van der Waals surface area contributed by atoms with Gasteiger partial charge in [0.05, 0.1) is 0 Å². The largest absolute Gasteiger partial charge is 0.271 e. The molecule has 0 spiro atoms. The van der Waals surface area contributed by atoms with Gasteiger partial charge in [-0.15, -0.1) is 0 Å². The van der Waals surface area contributed by atoms with Gasteiger partial charge in [0.15, 0.2) is 0 Å². The zero-order valence-electron chi connectivity index (χ0n) is 12.4. The van der Waals surface area contributed by atoms with Gasteiger partial charge in [-0.05, 0) is 42.5 Å². The van der Waals surface area contributed by atoms with Crippen molar-refractivity contribution in [2.24, 2.45) is 11.8 Å². The van der Waals surface area contributed by atoms with Crippen LogP contribution in [0, 0.1) is 12.8 Å². The highest BCUT2D eigenvalue weighted by molar-refractivity contribution is 6.30. The van der Waals surface area contributed by atoms with Gasteiger partial charge in [-0.25, -0.2) is 0 Å².